The van der Waals surface area contributed by atoms with Crippen molar-refractivity contribution in [1.29, 1.82) is 0 Å². The van der Waals surface area contributed by atoms with Crippen LogP contribution in [0, 0.1) is 10.1 Å². The molecule has 0 fully saturated rings. The van der Waals surface area contributed by atoms with Gasteiger partial charge >= 0.3 is 0 Å². The number of nitro groups is 1. The summed E-state index contributed by atoms with van der Waals surface area (Å²) >= 11 is 0. The van der Waals surface area contributed by atoms with E-state index in [1.807, 2.05) is 18.2 Å². The van der Waals surface area contributed by atoms with Crippen LogP contribution in [0.5, 0.6) is 0 Å². The second-order valence-corrected chi connectivity index (χ2v) is 5.73. The summed E-state index contributed by atoms with van der Waals surface area (Å²) in [6.45, 7) is 2.73. The van der Waals surface area contributed by atoms with E-state index in [2.05, 4.69) is 17.0 Å². The lowest BCUT2D eigenvalue weighted by Gasteiger charge is -2.28. The number of nitrogen functional groups attached to an aromatic ring is 1. The van der Waals surface area contributed by atoms with Gasteiger partial charge in [-0.1, -0.05) is 18.2 Å². The molecule has 2 N–H and O–H groups in total. The van der Waals surface area contributed by atoms with E-state index in [0.717, 1.165) is 43.7 Å². The lowest BCUT2D eigenvalue weighted by molar-refractivity contribution is -0.385. The standard InChI is InChI=1S/C17H19N3O2/c18-16-4-1-13(2-5-16)7-9-19-10-8-14-3-6-17(20(21)22)11-15(14)12-19/h1-6,11H,7-10,12,18H2. The van der Waals surface area contributed by atoms with Crippen LogP contribution in [-0.4, -0.2) is 22.9 Å². The van der Waals surface area contributed by atoms with Crippen molar-refractivity contribution in [1.82, 2.24) is 4.90 Å². The maximum atomic E-state index is 10.9. The first-order valence-corrected chi connectivity index (χ1v) is 7.45. The molecule has 0 aliphatic carbocycles. The van der Waals surface area contributed by atoms with Crippen LogP contribution in [0.3, 0.4) is 0 Å². The Morgan fingerprint density at radius 2 is 1.91 bits per heavy atom. The number of nitrogens with two attached hydrogens (primary N) is 1. The third-order valence-electron chi connectivity index (χ3n) is 4.19. The molecule has 1 aliphatic heterocycles. The molecule has 0 aromatic heterocycles. The molecule has 1 aliphatic rings. The minimum Gasteiger partial charge on any atom is -0.399 e. The van der Waals surface area contributed by atoms with E-state index in [4.69, 9.17) is 5.73 Å². The van der Waals surface area contributed by atoms with Crippen molar-refractivity contribution in [2.45, 2.75) is 19.4 Å². The minimum atomic E-state index is -0.326. The van der Waals surface area contributed by atoms with Gasteiger partial charge in [-0.3, -0.25) is 15.0 Å². The summed E-state index contributed by atoms with van der Waals surface area (Å²) in [7, 11) is 0. The summed E-state index contributed by atoms with van der Waals surface area (Å²) in [6, 6.07) is 13.2. The maximum absolute atomic E-state index is 10.9. The van der Waals surface area contributed by atoms with Crippen LogP contribution in [-0.2, 0) is 19.4 Å². The normalized spacial score (nSPS) is 14.5. The van der Waals surface area contributed by atoms with Crippen molar-refractivity contribution in [3.63, 3.8) is 0 Å². The van der Waals surface area contributed by atoms with E-state index in [9.17, 15) is 10.1 Å². The zero-order valence-electron chi connectivity index (χ0n) is 12.4. The number of rotatable bonds is 4. The summed E-state index contributed by atoms with van der Waals surface area (Å²) in [5.74, 6) is 0. The first-order chi connectivity index (χ1) is 10.6. The Balaban J connectivity index is 1.64. The van der Waals surface area contributed by atoms with E-state index in [0.29, 0.717) is 0 Å². The van der Waals surface area contributed by atoms with Gasteiger partial charge in [-0.05, 0) is 41.7 Å². The van der Waals surface area contributed by atoms with Crippen molar-refractivity contribution in [2.75, 3.05) is 18.8 Å². The topological polar surface area (TPSA) is 72.4 Å². The number of nitrogens with zero attached hydrogens (tertiary/aromatic N) is 2. The number of hydrogen-bond donors (Lipinski definition) is 1. The molecule has 0 amide bonds. The molecule has 0 bridgehead atoms. The Morgan fingerprint density at radius 1 is 1.14 bits per heavy atom. The zero-order valence-corrected chi connectivity index (χ0v) is 12.4. The molecule has 1 heterocycles. The number of non-ortho nitro benzene ring substituents is 1. The minimum absolute atomic E-state index is 0.180. The monoisotopic (exact) mass is 297 g/mol. The molecule has 5 heteroatoms. The number of fused-ring (bicyclic) bond motifs is 1. The smallest absolute Gasteiger partial charge is 0.269 e. The van der Waals surface area contributed by atoms with Gasteiger partial charge in [-0.15, -0.1) is 0 Å². The van der Waals surface area contributed by atoms with Gasteiger partial charge in [-0.25, -0.2) is 0 Å². The van der Waals surface area contributed by atoms with Crippen LogP contribution >= 0.6 is 0 Å². The summed E-state index contributed by atoms with van der Waals surface area (Å²) in [5.41, 5.74) is 10.2. The second-order valence-electron chi connectivity index (χ2n) is 5.73. The van der Waals surface area contributed by atoms with Gasteiger partial charge in [0, 0.05) is 37.5 Å². The third kappa shape index (κ3) is 3.26. The summed E-state index contributed by atoms with van der Waals surface area (Å²) in [5, 5.41) is 10.9. The van der Waals surface area contributed by atoms with Crippen LogP contribution in [0.4, 0.5) is 11.4 Å². The molecule has 2 aromatic carbocycles. The SMILES string of the molecule is Nc1ccc(CCN2CCc3ccc([N+](=O)[O-])cc3C2)cc1. The fraction of sp³-hybridized carbons (Fsp3) is 0.294. The van der Waals surface area contributed by atoms with Crippen LogP contribution < -0.4 is 5.73 Å². The summed E-state index contributed by atoms with van der Waals surface area (Å²) in [6.07, 6.45) is 1.92. The number of benzene rings is 2. The first kappa shape index (κ1) is 14.5. The number of hydrogen-bond acceptors (Lipinski definition) is 4. The van der Waals surface area contributed by atoms with Crippen molar-refractivity contribution >= 4 is 11.4 Å². The molecule has 0 saturated heterocycles. The second kappa shape index (κ2) is 6.15. The molecule has 22 heavy (non-hydrogen) atoms. The summed E-state index contributed by atoms with van der Waals surface area (Å²) < 4.78 is 0. The van der Waals surface area contributed by atoms with Gasteiger partial charge in [0.25, 0.3) is 5.69 Å². The Bertz CT molecular complexity index is 683. The molecule has 114 valence electrons. The van der Waals surface area contributed by atoms with Gasteiger partial charge in [0.15, 0.2) is 0 Å². The van der Waals surface area contributed by atoms with E-state index >= 15 is 0 Å². The van der Waals surface area contributed by atoms with Crippen LogP contribution in [0.25, 0.3) is 0 Å². The average molecular weight is 297 g/mol. The van der Waals surface area contributed by atoms with E-state index < -0.39 is 0 Å². The predicted molar refractivity (Wildman–Crippen MR) is 86.6 cm³/mol. The molecule has 0 spiro atoms. The van der Waals surface area contributed by atoms with Crippen molar-refractivity contribution in [2.24, 2.45) is 0 Å². The fourth-order valence-electron chi connectivity index (χ4n) is 2.88. The Hall–Kier alpha value is -2.40. The largest absolute Gasteiger partial charge is 0.399 e. The fourth-order valence-corrected chi connectivity index (χ4v) is 2.88. The van der Waals surface area contributed by atoms with Gasteiger partial charge in [0.05, 0.1) is 4.92 Å². The third-order valence-corrected chi connectivity index (χ3v) is 4.19. The lowest BCUT2D eigenvalue weighted by atomic mass is 9.98. The highest BCUT2D eigenvalue weighted by atomic mass is 16.6. The highest BCUT2D eigenvalue weighted by molar-refractivity contribution is 5.41. The molecular weight excluding hydrogens is 278 g/mol. The molecule has 0 unspecified atom stereocenters. The molecule has 3 rings (SSSR count). The predicted octanol–water partition coefficient (Wildman–Crippen LogP) is 2.78. The van der Waals surface area contributed by atoms with Crippen LogP contribution in [0.1, 0.15) is 16.7 Å². The van der Waals surface area contributed by atoms with Crippen molar-refractivity contribution in [3.8, 4) is 0 Å². The lowest BCUT2D eigenvalue weighted by Crippen LogP contribution is -2.32. The Labute approximate surface area is 129 Å². The Morgan fingerprint density at radius 3 is 2.64 bits per heavy atom. The first-order valence-electron chi connectivity index (χ1n) is 7.45. The van der Waals surface area contributed by atoms with E-state index in [1.54, 1.807) is 12.1 Å². The van der Waals surface area contributed by atoms with Gasteiger partial charge in [0.2, 0.25) is 0 Å². The molecule has 0 atom stereocenters. The number of nitro benzene ring substituents is 1. The Kier molecular flexibility index (Phi) is 4.06. The van der Waals surface area contributed by atoms with E-state index in [-0.39, 0.29) is 10.6 Å². The zero-order chi connectivity index (χ0) is 15.5. The highest BCUT2D eigenvalue weighted by Gasteiger charge is 2.18. The molecular formula is C17H19N3O2. The maximum Gasteiger partial charge on any atom is 0.269 e. The average Bonchev–Trinajstić information content (AvgIpc) is 2.53. The number of anilines is 1. The van der Waals surface area contributed by atoms with Crippen LogP contribution in [0.2, 0.25) is 0 Å². The molecule has 0 radical (unpaired) electrons. The van der Waals surface area contributed by atoms with Crippen LogP contribution in [0.15, 0.2) is 42.5 Å². The van der Waals surface area contributed by atoms with Crippen molar-refractivity contribution in [3.05, 3.63) is 69.3 Å². The van der Waals surface area contributed by atoms with E-state index in [1.165, 1.54) is 11.1 Å². The van der Waals surface area contributed by atoms with Crippen molar-refractivity contribution < 1.29 is 4.92 Å². The van der Waals surface area contributed by atoms with Gasteiger partial charge < -0.3 is 5.73 Å². The molecule has 0 saturated carbocycles. The highest BCUT2D eigenvalue weighted by Crippen LogP contribution is 2.24. The molecule has 5 nitrogen and oxygen atoms in total. The molecule has 2 aromatic rings. The van der Waals surface area contributed by atoms with Gasteiger partial charge in [0.1, 0.15) is 0 Å². The van der Waals surface area contributed by atoms with Gasteiger partial charge in [-0.2, -0.15) is 0 Å². The quantitative estimate of drug-likeness (QED) is 0.535. The summed E-state index contributed by atoms with van der Waals surface area (Å²) in [4.78, 5) is 12.9.